The lowest BCUT2D eigenvalue weighted by atomic mass is 10.2. The fourth-order valence-corrected chi connectivity index (χ4v) is 0.841. The number of nitrogens with one attached hydrogen (secondary N) is 2. The smallest absolute Gasteiger partial charge is 0.321 e. The van der Waals surface area contributed by atoms with Crippen molar-refractivity contribution in [3.05, 3.63) is 0 Å². The standard InChI is InChI=1S/C5H7ClN2O2/c1-2-3(6)4(9)8-5(10)7-2/h2-3H,1H3,(H2,7,8,9,10). The van der Waals surface area contributed by atoms with Crippen molar-refractivity contribution in [2.45, 2.75) is 18.3 Å². The minimum absolute atomic E-state index is 0.289. The highest BCUT2D eigenvalue weighted by Gasteiger charge is 2.30. The van der Waals surface area contributed by atoms with E-state index in [0.717, 1.165) is 0 Å². The zero-order chi connectivity index (χ0) is 7.72. The molecule has 1 aliphatic rings. The Hall–Kier alpha value is -0.770. The molecule has 0 aromatic carbocycles. The highest BCUT2D eigenvalue weighted by atomic mass is 35.5. The van der Waals surface area contributed by atoms with Crippen molar-refractivity contribution in [3.8, 4) is 0 Å². The molecule has 1 saturated heterocycles. The molecule has 1 fully saturated rings. The van der Waals surface area contributed by atoms with Gasteiger partial charge in [-0.25, -0.2) is 4.79 Å². The molecule has 2 N–H and O–H groups in total. The van der Waals surface area contributed by atoms with Gasteiger partial charge in [0.2, 0.25) is 5.91 Å². The van der Waals surface area contributed by atoms with Gasteiger partial charge in [-0.3, -0.25) is 10.1 Å². The van der Waals surface area contributed by atoms with Crippen LogP contribution in [0.3, 0.4) is 0 Å². The van der Waals surface area contributed by atoms with Gasteiger partial charge >= 0.3 is 6.03 Å². The summed E-state index contributed by atoms with van der Waals surface area (Å²) in [5, 5.41) is 3.84. The van der Waals surface area contributed by atoms with Crippen LogP contribution in [0.15, 0.2) is 0 Å². The summed E-state index contributed by atoms with van der Waals surface area (Å²) in [4.78, 5) is 21.2. The van der Waals surface area contributed by atoms with E-state index in [1.807, 2.05) is 5.32 Å². The molecule has 0 aromatic heterocycles. The van der Waals surface area contributed by atoms with Gasteiger partial charge in [0.1, 0.15) is 5.38 Å². The number of halogens is 1. The minimum Gasteiger partial charge on any atom is -0.333 e. The highest BCUT2D eigenvalue weighted by Crippen LogP contribution is 2.05. The van der Waals surface area contributed by atoms with Crippen molar-refractivity contribution in [2.75, 3.05) is 0 Å². The lowest BCUT2D eigenvalue weighted by Crippen LogP contribution is -2.57. The van der Waals surface area contributed by atoms with Gasteiger partial charge in [-0.2, -0.15) is 0 Å². The molecular weight excluding hydrogens is 156 g/mol. The first kappa shape index (κ1) is 7.34. The maximum Gasteiger partial charge on any atom is 0.321 e. The molecule has 0 spiro atoms. The van der Waals surface area contributed by atoms with E-state index in [9.17, 15) is 9.59 Å². The second-order valence-corrected chi connectivity index (χ2v) is 2.62. The van der Waals surface area contributed by atoms with Gasteiger partial charge in [0, 0.05) is 0 Å². The van der Waals surface area contributed by atoms with Gasteiger partial charge in [0.05, 0.1) is 6.04 Å². The van der Waals surface area contributed by atoms with E-state index in [1.165, 1.54) is 0 Å². The summed E-state index contributed by atoms with van der Waals surface area (Å²) in [5.41, 5.74) is 0. The number of imide groups is 1. The van der Waals surface area contributed by atoms with Gasteiger partial charge in [-0.05, 0) is 6.92 Å². The molecule has 1 rings (SSSR count). The normalized spacial score (nSPS) is 33.0. The molecule has 2 unspecified atom stereocenters. The van der Waals surface area contributed by atoms with Gasteiger partial charge in [0.25, 0.3) is 0 Å². The van der Waals surface area contributed by atoms with Gasteiger partial charge < -0.3 is 5.32 Å². The molecule has 5 heteroatoms. The summed E-state index contributed by atoms with van der Waals surface area (Å²) in [6, 6.07) is -0.766. The van der Waals surface area contributed by atoms with Crippen LogP contribution in [-0.4, -0.2) is 23.4 Å². The molecule has 56 valence electrons. The summed E-state index contributed by atoms with van der Waals surface area (Å²) in [5.74, 6) is -0.432. The Balaban J connectivity index is 2.66. The second-order valence-electron chi connectivity index (χ2n) is 2.15. The molecule has 3 amide bonds. The summed E-state index contributed by atoms with van der Waals surface area (Å²) in [7, 11) is 0. The van der Waals surface area contributed by atoms with Crippen molar-refractivity contribution in [2.24, 2.45) is 0 Å². The predicted octanol–water partition coefficient (Wildman–Crippen LogP) is -0.178. The van der Waals surface area contributed by atoms with Crippen molar-refractivity contribution >= 4 is 23.5 Å². The Labute approximate surface area is 62.9 Å². The molecule has 2 atom stereocenters. The van der Waals surface area contributed by atoms with Crippen LogP contribution in [0.4, 0.5) is 4.79 Å². The monoisotopic (exact) mass is 162 g/mol. The van der Waals surface area contributed by atoms with E-state index in [1.54, 1.807) is 6.92 Å². The predicted molar refractivity (Wildman–Crippen MR) is 35.8 cm³/mol. The van der Waals surface area contributed by atoms with Crippen LogP contribution in [0, 0.1) is 0 Å². The first-order valence-corrected chi connectivity index (χ1v) is 3.30. The quantitative estimate of drug-likeness (QED) is 0.486. The number of alkyl halides is 1. The van der Waals surface area contributed by atoms with Crippen LogP contribution < -0.4 is 10.6 Å². The van der Waals surface area contributed by atoms with Crippen molar-refractivity contribution < 1.29 is 9.59 Å². The zero-order valence-electron chi connectivity index (χ0n) is 5.35. The van der Waals surface area contributed by atoms with Gasteiger partial charge in [-0.1, -0.05) is 0 Å². The minimum atomic E-state index is -0.655. The van der Waals surface area contributed by atoms with E-state index in [4.69, 9.17) is 11.6 Å². The Bertz CT molecular complexity index is 182. The SMILES string of the molecule is CC1NC(=O)NC(=O)C1Cl. The third kappa shape index (κ3) is 1.21. The van der Waals surface area contributed by atoms with Crippen LogP contribution in [-0.2, 0) is 4.79 Å². The topological polar surface area (TPSA) is 58.2 Å². The fraction of sp³-hybridized carbons (Fsp3) is 0.600. The molecule has 1 aliphatic heterocycles. The highest BCUT2D eigenvalue weighted by molar-refractivity contribution is 6.33. The molecule has 0 aromatic rings. The third-order valence-electron chi connectivity index (χ3n) is 1.28. The Kier molecular flexibility index (Phi) is 1.80. The van der Waals surface area contributed by atoms with E-state index < -0.39 is 17.3 Å². The van der Waals surface area contributed by atoms with Gasteiger partial charge in [0.15, 0.2) is 0 Å². The van der Waals surface area contributed by atoms with E-state index >= 15 is 0 Å². The summed E-state index contributed by atoms with van der Waals surface area (Å²) >= 11 is 5.56. The van der Waals surface area contributed by atoms with Crippen molar-refractivity contribution in [1.29, 1.82) is 0 Å². The summed E-state index contributed by atoms with van der Waals surface area (Å²) in [6.07, 6.45) is 0. The van der Waals surface area contributed by atoms with Crippen LogP contribution in [0.5, 0.6) is 0 Å². The molecule has 0 radical (unpaired) electrons. The maximum absolute atomic E-state index is 10.7. The Morgan fingerprint density at radius 2 is 2.10 bits per heavy atom. The van der Waals surface area contributed by atoms with Crippen LogP contribution >= 0.6 is 11.6 Å². The number of carbonyl (C=O) groups is 2. The average molecular weight is 163 g/mol. The molecule has 0 bridgehead atoms. The maximum atomic E-state index is 10.7. The van der Waals surface area contributed by atoms with Crippen LogP contribution in [0.1, 0.15) is 6.92 Å². The number of amides is 3. The average Bonchev–Trinajstić information content (AvgIpc) is 1.82. The molecule has 0 aliphatic carbocycles. The van der Waals surface area contributed by atoms with Crippen molar-refractivity contribution in [1.82, 2.24) is 10.6 Å². The number of urea groups is 1. The summed E-state index contributed by atoms with van der Waals surface area (Å²) in [6.45, 7) is 1.67. The summed E-state index contributed by atoms with van der Waals surface area (Å²) < 4.78 is 0. The molecule has 1 heterocycles. The number of rotatable bonds is 0. The lowest BCUT2D eigenvalue weighted by Gasteiger charge is -2.23. The zero-order valence-corrected chi connectivity index (χ0v) is 6.11. The number of carbonyl (C=O) groups excluding carboxylic acids is 2. The van der Waals surface area contributed by atoms with E-state index in [2.05, 4.69) is 5.32 Å². The number of hydrogen-bond acceptors (Lipinski definition) is 2. The Morgan fingerprint density at radius 1 is 1.50 bits per heavy atom. The number of hydrogen-bond donors (Lipinski definition) is 2. The third-order valence-corrected chi connectivity index (χ3v) is 1.86. The lowest BCUT2D eigenvalue weighted by molar-refractivity contribution is -0.120. The van der Waals surface area contributed by atoms with Crippen LogP contribution in [0.25, 0.3) is 0 Å². The largest absolute Gasteiger partial charge is 0.333 e. The van der Waals surface area contributed by atoms with E-state index in [0.29, 0.717) is 0 Å². The van der Waals surface area contributed by atoms with E-state index in [-0.39, 0.29) is 6.04 Å². The Morgan fingerprint density at radius 3 is 2.60 bits per heavy atom. The first-order chi connectivity index (χ1) is 4.61. The first-order valence-electron chi connectivity index (χ1n) is 2.86. The fourth-order valence-electron chi connectivity index (χ4n) is 0.724. The molecule has 0 saturated carbocycles. The molecule has 10 heavy (non-hydrogen) atoms. The van der Waals surface area contributed by atoms with Crippen LogP contribution in [0.2, 0.25) is 0 Å². The molecule has 4 nitrogen and oxygen atoms in total. The second kappa shape index (κ2) is 2.46. The molecular formula is C5H7ClN2O2. The van der Waals surface area contributed by atoms with Gasteiger partial charge in [-0.15, -0.1) is 11.6 Å². The van der Waals surface area contributed by atoms with Crippen molar-refractivity contribution in [3.63, 3.8) is 0 Å².